The first-order valence-electron chi connectivity index (χ1n) is 9.16. The van der Waals surface area contributed by atoms with Gasteiger partial charge in [0.25, 0.3) is 0 Å². The zero-order valence-electron chi connectivity index (χ0n) is 15.5. The third kappa shape index (κ3) is 4.98. The second-order valence-electron chi connectivity index (χ2n) is 6.95. The van der Waals surface area contributed by atoms with Gasteiger partial charge < -0.3 is 10.6 Å². The summed E-state index contributed by atoms with van der Waals surface area (Å²) in [6.07, 6.45) is 4.78. The van der Waals surface area contributed by atoms with Gasteiger partial charge in [-0.05, 0) is 44.2 Å². The molecule has 26 heavy (non-hydrogen) atoms. The van der Waals surface area contributed by atoms with Crippen molar-refractivity contribution >= 4 is 39.8 Å². The summed E-state index contributed by atoms with van der Waals surface area (Å²) in [5.74, 6) is 0.661. The van der Waals surface area contributed by atoms with Gasteiger partial charge in [0.05, 0.1) is 5.25 Å². The molecule has 5 nitrogen and oxygen atoms in total. The van der Waals surface area contributed by atoms with Crippen molar-refractivity contribution in [2.45, 2.75) is 62.1 Å². The van der Waals surface area contributed by atoms with E-state index in [1.807, 2.05) is 25.1 Å². The molecule has 1 aliphatic rings. The zero-order chi connectivity index (χ0) is 18.5. The number of carbonyl (C=O) groups excluding carboxylic acids is 1. The lowest BCUT2D eigenvalue weighted by molar-refractivity contribution is -0.121. The minimum Gasteiger partial charge on any atom is -0.352 e. The monoisotopic (exact) mass is 390 g/mol. The molecule has 1 amide bonds. The standard InChI is InChI=1S/C19H26N4OS2/c1-12-8-4-6-10-15(12)20-17(24)14(3)25-19-23-22-18(26-19)21-16-11-7-5-9-13(16)2/h5,7,9,11-12,14-15H,4,6,8,10H2,1-3H3,(H,20,24)(H,21,22)/t12-,14-,15-/m0/s1. The third-order valence-electron chi connectivity index (χ3n) is 4.88. The minimum atomic E-state index is -0.177. The lowest BCUT2D eigenvalue weighted by Crippen LogP contribution is -2.44. The molecule has 3 rings (SSSR count). The number of hydrogen-bond donors (Lipinski definition) is 2. The summed E-state index contributed by atoms with van der Waals surface area (Å²) < 4.78 is 0.806. The lowest BCUT2D eigenvalue weighted by atomic mass is 9.86. The third-order valence-corrected chi connectivity index (χ3v) is 6.90. The Kier molecular flexibility index (Phi) is 6.53. The Bertz CT molecular complexity index is 749. The Morgan fingerprint density at radius 1 is 1.27 bits per heavy atom. The number of aromatic nitrogens is 2. The Morgan fingerprint density at radius 2 is 2.04 bits per heavy atom. The average molecular weight is 391 g/mol. The smallest absolute Gasteiger partial charge is 0.233 e. The molecule has 7 heteroatoms. The van der Waals surface area contributed by atoms with Crippen molar-refractivity contribution in [1.29, 1.82) is 0 Å². The van der Waals surface area contributed by atoms with E-state index in [1.54, 1.807) is 0 Å². The maximum absolute atomic E-state index is 12.5. The van der Waals surface area contributed by atoms with Gasteiger partial charge in [0.15, 0.2) is 4.34 Å². The van der Waals surface area contributed by atoms with Crippen LogP contribution in [0, 0.1) is 12.8 Å². The van der Waals surface area contributed by atoms with Crippen LogP contribution in [0.1, 0.15) is 45.1 Å². The minimum absolute atomic E-state index is 0.0948. The number of para-hydroxylation sites is 1. The van der Waals surface area contributed by atoms with Crippen molar-refractivity contribution in [2.24, 2.45) is 5.92 Å². The number of nitrogens with zero attached hydrogens (tertiary/aromatic N) is 2. The molecule has 0 spiro atoms. The van der Waals surface area contributed by atoms with E-state index in [1.165, 1.54) is 42.4 Å². The van der Waals surface area contributed by atoms with Crippen LogP contribution in [0.2, 0.25) is 0 Å². The number of benzene rings is 1. The molecule has 2 N–H and O–H groups in total. The number of amides is 1. The Labute approximate surface area is 163 Å². The van der Waals surface area contributed by atoms with E-state index < -0.39 is 0 Å². The summed E-state index contributed by atoms with van der Waals surface area (Å²) in [7, 11) is 0. The molecule has 1 fully saturated rings. The molecule has 1 aromatic carbocycles. The fourth-order valence-corrected chi connectivity index (χ4v) is 5.09. The van der Waals surface area contributed by atoms with Crippen molar-refractivity contribution in [3.8, 4) is 0 Å². The molecule has 2 aromatic rings. The van der Waals surface area contributed by atoms with Crippen molar-refractivity contribution in [1.82, 2.24) is 15.5 Å². The van der Waals surface area contributed by atoms with Crippen LogP contribution in [0.5, 0.6) is 0 Å². The fraction of sp³-hybridized carbons (Fsp3) is 0.526. The molecule has 1 aliphatic carbocycles. The average Bonchev–Trinajstić information content (AvgIpc) is 3.06. The van der Waals surface area contributed by atoms with Gasteiger partial charge in [-0.3, -0.25) is 4.79 Å². The topological polar surface area (TPSA) is 66.9 Å². The molecule has 1 heterocycles. The van der Waals surface area contributed by atoms with E-state index >= 15 is 0 Å². The van der Waals surface area contributed by atoms with Gasteiger partial charge in [0.1, 0.15) is 0 Å². The van der Waals surface area contributed by atoms with E-state index in [9.17, 15) is 4.79 Å². The second-order valence-corrected chi connectivity index (χ2v) is 9.52. The SMILES string of the molecule is Cc1ccccc1Nc1nnc(S[C@@H](C)C(=O)N[C@H]2CCCC[C@@H]2C)s1. The van der Waals surface area contributed by atoms with Crippen LogP contribution in [0.3, 0.4) is 0 Å². The van der Waals surface area contributed by atoms with Crippen LogP contribution in [0.4, 0.5) is 10.8 Å². The second kappa shape index (κ2) is 8.86. The van der Waals surface area contributed by atoms with Gasteiger partial charge in [-0.1, -0.05) is 61.1 Å². The number of carbonyl (C=O) groups is 1. The number of rotatable bonds is 6. The van der Waals surface area contributed by atoms with Crippen LogP contribution < -0.4 is 10.6 Å². The molecule has 0 bridgehead atoms. The van der Waals surface area contributed by atoms with Crippen molar-refractivity contribution < 1.29 is 4.79 Å². The van der Waals surface area contributed by atoms with E-state index in [0.717, 1.165) is 27.1 Å². The van der Waals surface area contributed by atoms with Gasteiger partial charge >= 0.3 is 0 Å². The quantitative estimate of drug-likeness (QED) is 0.696. The van der Waals surface area contributed by atoms with Crippen molar-refractivity contribution in [2.75, 3.05) is 5.32 Å². The predicted octanol–water partition coefficient (Wildman–Crippen LogP) is 4.77. The van der Waals surface area contributed by atoms with E-state index in [4.69, 9.17) is 0 Å². The maximum Gasteiger partial charge on any atom is 0.233 e. The van der Waals surface area contributed by atoms with Gasteiger partial charge in [-0.15, -0.1) is 10.2 Å². The summed E-state index contributed by atoms with van der Waals surface area (Å²) in [5, 5.41) is 15.5. The molecule has 0 unspecified atom stereocenters. The summed E-state index contributed by atoms with van der Waals surface area (Å²) in [5.41, 5.74) is 2.18. The highest BCUT2D eigenvalue weighted by molar-refractivity contribution is 8.02. The van der Waals surface area contributed by atoms with Crippen LogP contribution in [-0.2, 0) is 4.79 Å². The Hall–Kier alpha value is -1.60. The van der Waals surface area contributed by atoms with Crippen LogP contribution in [0.15, 0.2) is 28.6 Å². The molecule has 1 saturated carbocycles. The largest absolute Gasteiger partial charge is 0.352 e. The molecular weight excluding hydrogens is 364 g/mol. The van der Waals surface area contributed by atoms with Crippen LogP contribution in [0.25, 0.3) is 0 Å². The summed E-state index contributed by atoms with van der Waals surface area (Å²) in [6, 6.07) is 8.38. The highest BCUT2D eigenvalue weighted by atomic mass is 32.2. The van der Waals surface area contributed by atoms with Crippen LogP contribution >= 0.6 is 23.1 Å². The fourth-order valence-electron chi connectivity index (χ4n) is 3.17. The number of anilines is 2. The maximum atomic E-state index is 12.5. The van der Waals surface area contributed by atoms with E-state index in [2.05, 4.69) is 40.7 Å². The molecule has 0 saturated heterocycles. The normalized spacial score (nSPS) is 21.2. The summed E-state index contributed by atoms with van der Waals surface area (Å²) in [4.78, 5) is 12.5. The number of nitrogens with one attached hydrogen (secondary N) is 2. The Balaban J connectivity index is 1.54. The molecule has 140 valence electrons. The molecular formula is C19H26N4OS2. The number of thioether (sulfide) groups is 1. The highest BCUT2D eigenvalue weighted by Gasteiger charge is 2.25. The van der Waals surface area contributed by atoms with E-state index in [-0.39, 0.29) is 11.2 Å². The molecule has 0 radical (unpaired) electrons. The summed E-state index contributed by atoms with van der Waals surface area (Å²) in [6.45, 7) is 6.22. The van der Waals surface area contributed by atoms with Gasteiger partial charge in [0, 0.05) is 11.7 Å². The first-order valence-corrected chi connectivity index (χ1v) is 10.9. The molecule has 0 aliphatic heterocycles. The first kappa shape index (κ1) is 19.2. The Morgan fingerprint density at radius 3 is 2.81 bits per heavy atom. The first-order chi connectivity index (χ1) is 12.5. The van der Waals surface area contributed by atoms with Gasteiger partial charge in [-0.25, -0.2) is 0 Å². The van der Waals surface area contributed by atoms with Crippen molar-refractivity contribution in [3.63, 3.8) is 0 Å². The lowest BCUT2D eigenvalue weighted by Gasteiger charge is -2.30. The molecule has 1 aromatic heterocycles. The molecule has 3 atom stereocenters. The van der Waals surface area contributed by atoms with Gasteiger partial charge in [0.2, 0.25) is 11.0 Å². The number of aryl methyl sites for hydroxylation is 1. The van der Waals surface area contributed by atoms with Gasteiger partial charge in [-0.2, -0.15) is 0 Å². The van der Waals surface area contributed by atoms with E-state index in [0.29, 0.717) is 12.0 Å². The predicted molar refractivity (Wildman–Crippen MR) is 109 cm³/mol. The zero-order valence-corrected chi connectivity index (χ0v) is 17.1. The van der Waals surface area contributed by atoms with Crippen molar-refractivity contribution in [3.05, 3.63) is 29.8 Å². The van der Waals surface area contributed by atoms with Crippen LogP contribution in [-0.4, -0.2) is 27.4 Å². The number of hydrogen-bond acceptors (Lipinski definition) is 6. The highest BCUT2D eigenvalue weighted by Crippen LogP contribution is 2.31. The summed E-state index contributed by atoms with van der Waals surface area (Å²) >= 11 is 2.95.